The Morgan fingerprint density at radius 1 is 1.26 bits per heavy atom. The minimum Gasteiger partial charge on any atom is -0.483 e. The average Bonchev–Trinajstić information content (AvgIpc) is 2.54. The van der Waals surface area contributed by atoms with Crippen LogP contribution in [0.5, 0.6) is 5.75 Å². The Balaban J connectivity index is 1.82. The minimum absolute atomic E-state index is 0.00202. The van der Waals surface area contributed by atoms with Gasteiger partial charge in [-0.05, 0) is 36.2 Å². The van der Waals surface area contributed by atoms with E-state index in [1.54, 1.807) is 6.07 Å². The molecule has 0 atom stereocenters. The van der Waals surface area contributed by atoms with E-state index in [1.165, 1.54) is 30.5 Å². The summed E-state index contributed by atoms with van der Waals surface area (Å²) in [6.07, 6.45) is 1.40. The highest BCUT2D eigenvalue weighted by atomic mass is 16.6. The van der Waals surface area contributed by atoms with E-state index in [9.17, 15) is 14.9 Å². The average molecular weight is 313 g/mol. The van der Waals surface area contributed by atoms with Gasteiger partial charge in [0.25, 0.3) is 11.6 Å². The number of rotatable bonds is 6. The number of hydrogen-bond acceptors (Lipinski definition) is 5. The number of benzene rings is 2. The fourth-order valence-electron chi connectivity index (χ4n) is 1.75. The first-order valence-corrected chi connectivity index (χ1v) is 6.81. The lowest BCUT2D eigenvalue weighted by Crippen LogP contribution is -2.24. The van der Waals surface area contributed by atoms with Crippen LogP contribution in [0.4, 0.5) is 5.69 Å². The molecule has 0 radical (unpaired) electrons. The van der Waals surface area contributed by atoms with Gasteiger partial charge in [0, 0.05) is 12.1 Å². The molecule has 0 saturated heterocycles. The number of para-hydroxylation sites is 1. The molecule has 1 amide bonds. The first-order valence-electron chi connectivity index (χ1n) is 6.81. The molecule has 0 aliphatic carbocycles. The van der Waals surface area contributed by atoms with E-state index in [0.717, 1.165) is 5.56 Å². The van der Waals surface area contributed by atoms with Crippen molar-refractivity contribution in [3.63, 3.8) is 0 Å². The third kappa shape index (κ3) is 4.92. The quantitative estimate of drug-likeness (QED) is 0.503. The molecule has 0 aromatic heterocycles. The molecule has 0 saturated carbocycles. The third-order valence-electron chi connectivity index (χ3n) is 2.96. The molecule has 0 aliphatic rings. The standard InChI is InChI=1S/C16H15N3O4/c1-12-4-2-3-5-15(12)23-11-16(20)18-17-10-13-6-8-14(9-7-13)19(21)22/h2-10H,11H2,1H3,(H,18,20)/b17-10+. The monoisotopic (exact) mass is 313 g/mol. The Bertz CT molecular complexity index is 726. The van der Waals surface area contributed by atoms with Gasteiger partial charge >= 0.3 is 0 Å². The maximum Gasteiger partial charge on any atom is 0.277 e. The Hall–Kier alpha value is -3.22. The van der Waals surface area contributed by atoms with Crippen molar-refractivity contribution in [1.29, 1.82) is 0 Å². The van der Waals surface area contributed by atoms with Crippen molar-refractivity contribution >= 4 is 17.8 Å². The van der Waals surface area contributed by atoms with Crippen LogP contribution < -0.4 is 10.2 Å². The summed E-state index contributed by atoms with van der Waals surface area (Å²) >= 11 is 0. The Morgan fingerprint density at radius 2 is 1.96 bits per heavy atom. The molecule has 7 nitrogen and oxygen atoms in total. The summed E-state index contributed by atoms with van der Waals surface area (Å²) in [6, 6.07) is 13.2. The molecule has 1 N–H and O–H groups in total. The van der Waals surface area contributed by atoms with Crippen molar-refractivity contribution in [2.24, 2.45) is 5.10 Å². The molecule has 118 valence electrons. The summed E-state index contributed by atoms with van der Waals surface area (Å²) in [4.78, 5) is 21.7. The van der Waals surface area contributed by atoms with Crippen LogP contribution in [-0.4, -0.2) is 23.7 Å². The summed E-state index contributed by atoms with van der Waals surface area (Å²) in [7, 11) is 0. The zero-order valence-corrected chi connectivity index (χ0v) is 12.4. The molecule has 0 unspecified atom stereocenters. The van der Waals surface area contributed by atoms with E-state index in [1.807, 2.05) is 25.1 Å². The second kappa shape index (κ2) is 7.69. The number of nitrogens with one attached hydrogen (secondary N) is 1. The number of ether oxygens (including phenoxy) is 1. The minimum atomic E-state index is -0.481. The molecule has 2 aromatic rings. The van der Waals surface area contributed by atoms with Crippen molar-refractivity contribution in [1.82, 2.24) is 5.43 Å². The number of aryl methyl sites for hydroxylation is 1. The van der Waals surface area contributed by atoms with Gasteiger partial charge in [0.1, 0.15) is 5.75 Å². The fourth-order valence-corrected chi connectivity index (χ4v) is 1.75. The first kappa shape index (κ1) is 16.2. The van der Waals surface area contributed by atoms with Gasteiger partial charge < -0.3 is 4.74 Å². The first-order chi connectivity index (χ1) is 11.1. The number of non-ortho nitro benzene ring substituents is 1. The van der Waals surface area contributed by atoms with E-state index < -0.39 is 10.8 Å². The van der Waals surface area contributed by atoms with Crippen molar-refractivity contribution < 1.29 is 14.5 Å². The maximum atomic E-state index is 11.6. The van der Waals surface area contributed by atoms with Crippen LogP contribution in [-0.2, 0) is 4.79 Å². The van der Waals surface area contributed by atoms with Gasteiger partial charge in [-0.2, -0.15) is 5.10 Å². The Labute approximate surface area is 132 Å². The van der Waals surface area contributed by atoms with E-state index >= 15 is 0 Å². The van der Waals surface area contributed by atoms with Gasteiger partial charge in [-0.15, -0.1) is 0 Å². The van der Waals surface area contributed by atoms with Crippen molar-refractivity contribution in [2.45, 2.75) is 6.92 Å². The lowest BCUT2D eigenvalue weighted by Gasteiger charge is -2.07. The van der Waals surface area contributed by atoms with Crippen LogP contribution >= 0.6 is 0 Å². The van der Waals surface area contributed by atoms with Crippen LogP contribution in [0.3, 0.4) is 0 Å². The van der Waals surface area contributed by atoms with Gasteiger partial charge in [0.05, 0.1) is 11.1 Å². The molecule has 0 spiro atoms. The maximum absolute atomic E-state index is 11.6. The van der Waals surface area contributed by atoms with Crippen LogP contribution in [0.15, 0.2) is 53.6 Å². The molecule has 0 aliphatic heterocycles. The van der Waals surface area contributed by atoms with Crippen molar-refractivity contribution in [2.75, 3.05) is 6.61 Å². The van der Waals surface area contributed by atoms with Gasteiger partial charge in [0.15, 0.2) is 6.61 Å². The number of hydrazone groups is 1. The third-order valence-corrected chi connectivity index (χ3v) is 2.96. The lowest BCUT2D eigenvalue weighted by atomic mass is 10.2. The smallest absolute Gasteiger partial charge is 0.277 e. The SMILES string of the molecule is Cc1ccccc1OCC(=O)N/N=C/c1ccc([N+](=O)[O-])cc1. The highest BCUT2D eigenvalue weighted by Gasteiger charge is 2.04. The zero-order chi connectivity index (χ0) is 16.7. The topological polar surface area (TPSA) is 93.8 Å². The summed E-state index contributed by atoms with van der Waals surface area (Å²) in [5.41, 5.74) is 3.90. The molecule has 2 rings (SSSR count). The number of nitro groups is 1. The van der Waals surface area contributed by atoms with Gasteiger partial charge in [-0.25, -0.2) is 5.43 Å². The second-order valence-electron chi connectivity index (χ2n) is 4.70. The molecular weight excluding hydrogens is 298 g/mol. The molecule has 23 heavy (non-hydrogen) atoms. The van der Waals surface area contributed by atoms with E-state index in [-0.39, 0.29) is 12.3 Å². The predicted octanol–water partition coefficient (Wildman–Crippen LogP) is 2.43. The molecule has 0 heterocycles. The summed E-state index contributed by atoms with van der Waals surface area (Å²) in [6.45, 7) is 1.74. The Morgan fingerprint density at radius 3 is 2.61 bits per heavy atom. The van der Waals surface area contributed by atoms with Crippen LogP contribution in [0.2, 0.25) is 0 Å². The van der Waals surface area contributed by atoms with Crippen LogP contribution in [0.1, 0.15) is 11.1 Å². The van der Waals surface area contributed by atoms with Crippen molar-refractivity contribution in [3.05, 3.63) is 69.8 Å². The predicted molar refractivity (Wildman–Crippen MR) is 85.5 cm³/mol. The van der Waals surface area contributed by atoms with E-state index in [0.29, 0.717) is 11.3 Å². The largest absolute Gasteiger partial charge is 0.483 e. The van der Waals surface area contributed by atoms with Gasteiger partial charge in [0.2, 0.25) is 0 Å². The van der Waals surface area contributed by atoms with Crippen LogP contribution in [0.25, 0.3) is 0 Å². The normalized spacial score (nSPS) is 10.5. The summed E-state index contributed by atoms with van der Waals surface area (Å²) in [5.74, 6) is 0.244. The number of carbonyl (C=O) groups excluding carboxylic acids is 1. The molecule has 7 heteroatoms. The molecule has 2 aromatic carbocycles. The molecular formula is C16H15N3O4. The van der Waals surface area contributed by atoms with Gasteiger partial charge in [-0.1, -0.05) is 18.2 Å². The number of nitro benzene ring substituents is 1. The summed E-state index contributed by atoms with van der Waals surface area (Å²) < 4.78 is 5.38. The number of amides is 1. The highest BCUT2D eigenvalue weighted by molar-refractivity contribution is 5.83. The Kier molecular flexibility index (Phi) is 5.40. The number of nitrogens with zero attached hydrogens (tertiary/aromatic N) is 2. The van der Waals surface area contributed by atoms with E-state index in [2.05, 4.69) is 10.5 Å². The highest BCUT2D eigenvalue weighted by Crippen LogP contribution is 2.15. The lowest BCUT2D eigenvalue weighted by molar-refractivity contribution is -0.384. The zero-order valence-electron chi connectivity index (χ0n) is 12.4. The van der Waals surface area contributed by atoms with Crippen LogP contribution in [0, 0.1) is 17.0 Å². The van der Waals surface area contributed by atoms with E-state index in [4.69, 9.17) is 4.74 Å². The second-order valence-corrected chi connectivity index (χ2v) is 4.70. The van der Waals surface area contributed by atoms with Gasteiger partial charge in [-0.3, -0.25) is 14.9 Å². The van der Waals surface area contributed by atoms with Crippen molar-refractivity contribution in [3.8, 4) is 5.75 Å². The summed E-state index contributed by atoms with van der Waals surface area (Å²) in [5, 5.41) is 14.3. The molecule has 0 bridgehead atoms. The number of carbonyl (C=O) groups is 1. The molecule has 0 fully saturated rings. The fraction of sp³-hybridized carbons (Fsp3) is 0.125. The number of hydrogen-bond donors (Lipinski definition) is 1.